The van der Waals surface area contributed by atoms with Gasteiger partial charge >= 0.3 is 11.9 Å². The second kappa shape index (κ2) is 5.74. The standard InChI is InChI=1S/C8H11NO5/c1-4-5(10)9-6(7(11)13-2)8(12)14-3/h4,6H,1H2,2-3H3,(H,9,10). The summed E-state index contributed by atoms with van der Waals surface area (Å²) in [6.07, 6.45) is 0.929. The predicted molar refractivity (Wildman–Crippen MR) is 46.2 cm³/mol. The van der Waals surface area contributed by atoms with E-state index in [0.29, 0.717) is 0 Å². The second-order valence-electron chi connectivity index (χ2n) is 2.19. The molecule has 0 fully saturated rings. The minimum absolute atomic E-state index is 0.661. The average Bonchev–Trinajstić information content (AvgIpc) is 2.23. The van der Waals surface area contributed by atoms with Crippen LogP contribution >= 0.6 is 0 Å². The van der Waals surface area contributed by atoms with Gasteiger partial charge in [-0.2, -0.15) is 0 Å². The number of methoxy groups -OCH3 is 2. The van der Waals surface area contributed by atoms with E-state index in [1.54, 1.807) is 0 Å². The molecule has 0 rings (SSSR count). The molecule has 0 aliphatic carbocycles. The van der Waals surface area contributed by atoms with Gasteiger partial charge in [0.25, 0.3) is 0 Å². The molecule has 6 heteroatoms. The molecule has 0 aromatic rings. The van der Waals surface area contributed by atoms with Gasteiger partial charge in [0.15, 0.2) is 0 Å². The van der Waals surface area contributed by atoms with Crippen molar-refractivity contribution in [2.75, 3.05) is 14.2 Å². The first-order valence-corrected chi connectivity index (χ1v) is 3.65. The van der Waals surface area contributed by atoms with Crippen molar-refractivity contribution in [3.63, 3.8) is 0 Å². The molecule has 0 aliphatic rings. The first-order chi connectivity index (χ1) is 6.56. The highest BCUT2D eigenvalue weighted by atomic mass is 16.5. The molecule has 0 atom stereocenters. The zero-order valence-corrected chi connectivity index (χ0v) is 7.90. The lowest BCUT2D eigenvalue weighted by atomic mass is 10.3. The molecular weight excluding hydrogens is 190 g/mol. The van der Waals surface area contributed by atoms with Crippen LogP contribution in [0.1, 0.15) is 0 Å². The van der Waals surface area contributed by atoms with E-state index in [1.807, 2.05) is 0 Å². The monoisotopic (exact) mass is 201 g/mol. The average molecular weight is 201 g/mol. The van der Waals surface area contributed by atoms with Crippen molar-refractivity contribution in [3.8, 4) is 0 Å². The van der Waals surface area contributed by atoms with E-state index in [4.69, 9.17) is 0 Å². The summed E-state index contributed by atoms with van der Waals surface area (Å²) in [6, 6.07) is -1.45. The number of esters is 2. The smallest absolute Gasteiger partial charge is 0.340 e. The van der Waals surface area contributed by atoms with E-state index in [9.17, 15) is 14.4 Å². The summed E-state index contributed by atoms with van der Waals surface area (Å²) in [4.78, 5) is 32.8. The van der Waals surface area contributed by atoms with Gasteiger partial charge in [-0.15, -0.1) is 0 Å². The molecule has 6 nitrogen and oxygen atoms in total. The van der Waals surface area contributed by atoms with Crippen LogP contribution in [0.3, 0.4) is 0 Å². The van der Waals surface area contributed by atoms with Crippen molar-refractivity contribution in [2.24, 2.45) is 0 Å². The molecule has 1 N–H and O–H groups in total. The Morgan fingerprint density at radius 2 is 1.64 bits per heavy atom. The Hall–Kier alpha value is -1.85. The van der Waals surface area contributed by atoms with Crippen LogP contribution in [0.2, 0.25) is 0 Å². The van der Waals surface area contributed by atoms with Gasteiger partial charge in [0, 0.05) is 0 Å². The lowest BCUT2D eigenvalue weighted by Gasteiger charge is -2.12. The minimum atomic E-state index is -1.45. The summed E-state index contributed by atoms with van der Waals surface area (Å²) in [5.41, 5.74) is 0. The van der Waals surface area contributed by atoms with E-state index < -0.39 is 23.9 Å². The van der Waals surface area contributed by atoms with E-state index in [0.717, 1.165) is 20.3 Å². The molecule has 0 radical (unpaired) electrons. The predicted octanol–water partition coefficient (Wildman–Crippen LogP) is -0.997. The van der Waals surface area contributed by atoms with Crippen LogP contribution < -0.4 is 5.32 Å². The molecule has 78 valence electrons. The Bertz CT molecular complexity index is 244. The van der Waals surface area contributed by atoms with Gasteiger partial charge in [-0.3, -0.25) is 4.79 Å². The van der Waals surface area contributed by atoms with E-state index in [2.05, 4.69) is 21.4 Å². The SMILES string of the molecule is C=CC(=O)NC(C(=O)OC)C(=O)OC. The largest absolute Gasteiger partial charge is 0.467 e. The topological polar surface area (TPSA) is 81.7 Å². The lowest BCUT2D eigenvalue weighted by Crippen LogP contribution is -2.47. The van der Waals surface area contributed by atoms with Crippen LogP contribution in [0.25, 0.3) is 0 Å². The van der Waals surface area contributed by atoms with Crippen LogP contribution in [0.5, 0.6) is 0 Å². The maximum Gasteiger partial charge on any atom is 0.340 e. The van der Waals surface area contributed by atoms with Crippen molar-refractivity contribution in [3.05, 3.63) is 12.7 Å². The molecule has 0 spiro atoms. The lowest BCUT2D eigenvalue weighted by molar-refractivity contribution is -0.156. The molecule has 0 saturated carbocycles. The van der Waals surface area contributed by atoms with Crippen molar-refractivity contribution >= 4 is 17.8 Å². The fraction of sp³-hybridized carbons (Fsp3) is 0.375. The minimum Gasteiger partial charge on any atom is -0.467 e. The number of carbonyl (C=O) groups is 3. The molecule has 0 aromatic heterocycles. The van der Waals surface area contributed by atoms with Crippen LogP contribution in [0, 0.1) is 0 Å². The Labute approximate surface area is 80.9 Å². The van der Waals surface area contributed by atoms with E-state index in [1.165, 1.54) is 0 Å². The fourth-order valence-electron chi connectivity index (χ4n) is 0.651. The summed E-state index contributed by atoms with van der Waals surface area (Å²) >= 11 is 0. The van der Waals surface area contributed by atoms with Crippen LogP contribution in [-0.2, 0) is 23.9 Å². The summed E-state index contributed by atoms with van der Waals surface area (Å²) in [5.74, 6) is -2.45. The van der Waals surface area contributed by atoms with Crippen molar-refractivity contribution in [2.45, 2.75) is 6.04 Å². The Balaban J connectivity index is 4.55. The molecule has 0 aliphatic heterocycles. The fourth-order valence-corrected chi connectivity index (χ4v) is 0.651. The quantitative estimate of drug-likeness (QED) is 0.358. The number of rotatable bonds is 4. The Morgan fingerprint density at radius 3 is 1.93 bits per heavy atom. The molecular formula is C8H11NO5. The Kier molecular flexibility index (Phi) is 4.98. The van der Waals surface area contributed by atoms with Gasteiger partial charge in [-0.1, -0.05) is 6.58 Å². The van der Waals surface area contributed by atoms with Crippen molar-refractivity contribution in [1.29, 1.82) is 0 Å². The summed E-state index contributed by atoms with van der Waals surface area (Å²) in [5, 5.41) is 2.06. The van der Waals surface area contributed by atoms with Gasteiger partial charge in [-0.25, -0.2) is 9.59 Å². The highest BCUT2D eigenvalue weighted by Gasteiger charge is 2.29. The van der Waals surface area contributed by atoms with Crippen LogP contribution in [-0.4, -0.2) is 38.1 Å². The summed E-state index contributed by atoms with van der Waals surface area (Å²) in [7, 11) is 2.19. The molecule has 0 heterocycles. The van der Waals surface area contributed by atoms with Crippen molar-refractivity contribution in [1.82, 2.24) is 5.32 Å². The third kappa shape index (κ3) is 3.26. The third-order valence-electron chi connectivity index (χ3n) is 1.35. The molecule has 1 amide bonds. The van der Waals surface area contributed by atoms with E-state index in [-0.39, 0.29) is 0 Å². The first-order valence-electron chi connectivity index (χ1n) is 3.65. The number of hydrogen-bond donors (Lipinski definition) is 1. The zero-order chi connectivity index (χ0) is 11.1. The molecule has 0 aromatic carbocycles. The first kappa shape index (κ1) is 12.2. The van der Waals surface area contributed by atoms with Crippen molar-refractivity contribution < 1.29 is 23.9 Å². The van der Waals surface area contributed by atoms with Crippen LogP contribution in [0.4, 0.5) is 0 Å². The Morgan fingerprint density at radius 1 is 1.21 bits per heavy atom. The molecule has 0 bridgehead atoms. The number of nitrogens with one attached hydrogen (secondary N) is 1. The van der Waals surface area contributed by atoms with Gasteiger partial charge in [0.05, 0.1) is 14.2 Å². The number of ether oxygens (including phenoxy) is 2. The normalized spacial score (nSPS) is 9.07. The molecule has 0 unspecified atom stereocenters. The van der Waals surface area contributed by atoms with Gasteiger partial charge in [0.1, 0.15) is 0 Å². The van der Waals surface area contributed by atoms with E-state index >= 15 is 0 Å². The van der Waals surface area contributed by atoms with Crippen LogP contribution in [0.15, 0.2) is 12.7 Å². The summed E-state index contributed by atoms with van der Waals surface area (Å²) in [6.45, 7) is 3.17. The molecule has 14 heavy (non-hydrogen) atoms. The van der Waals surface area contributed by atoms with Gasteiger partial charge < -0.3 is 14.8 Å². The summed E-state index contributed by atoms with van der Waals surface area (Å²) < 4.78 is 8.58. The maximum absolute atomic E-state index is 11.0. The maximum atomic E-state index is 11.0. The number of carbonyl (C=O) groups excluding carboxylic acids is 3. The highest BCUT2D eigenvalue weighted by Crippen LogP contribution is 1.92. The zero-order valence-electron chi connectivity index (χ0n) is 7.90. The van der Waals surface area contributed by atoms with Gasteiger partial charge in [-0.05, 0) is 6.08 Å². The third-order valence-corrected chi connectivity index (χ3v) is 1.35. The van der Waals surface area contributed by atoms with Gasteiger partial charge in [0.2, 0.25) is 11.9 Å². The molecule has 0 saturated heterocycles. The second-order valence-corrected chi connectivity index (χ2v) is 2.19. The highest BCUT2D eigenvalue weighted by molar-refractivity contribution is 6.03. The number of amides is 1. The number of hydrogen-bond acceptors (Lipinski definition) is 5.